The van der Waals surface area contributed by atoms with Gasteiger partial charge in [0.2, 0.25) is 0 Å². The molecular formula is C60H78N4. The van der Waals surface area contributed by atoms with Gasteiger partial charge in [0.25, 0.3) is 0 Å². The fourth-order valence-corrected chi connectivity index (χ4v) is 10.5. The lowest BCUT2D eigenvalue weighted by Crippen LogP contribution is -1.93. The van der Waals surface area contributed by atoms with E-state index in [4.69, 9.17) is 9.97 Å². The van der Waals surface area contributed by atoms with E-state index in [9.17, 15) is 0 Å². The third kappa shape index (κ3) is 10.4. The van der Waals surface area contributed by atoms with E-state index in [2.05, 4.69) is 138 Å². The Balaban J connectivity index is 1.66. The Morgan fingerprint density at radius 3 is 1.14 bits per heavy atom. The topological polar surface area (TPSA) is 57.4 Å². The molecule has 0 radical (unpaired) electrons. The number of nitrogens with zero attached hydrogens (tertiary/aromatic N) is 2. The van der Waals surface area contributed by atoms with Gasteiger partial charge in [-0.15, -0.1) is 0 Å². The summed E-state index contributed by atoms with van der Waals surface area (Å²) in [6.45, 7) is 18.7. The predicted molar refractivity (Wildman–Crippen MR) is 280 cm³/mol. The first-order valence-electron chi connectivity index (χ1n) is 25.6. The molecule has 2 aliphatic heterocycles. The molecule has 2 aliphatic rings. The molecule has 4 nitrogen and oxygen atoms in total. The third-order valence-electron chi connectivity index (χ3n) is 14.3. The number of benzene rings is 2. The number of allylic oxidation sites excluding steroid dienone is 4. The highest BCUT2D eigenvalue weighted by atomic mass is 14.8. The number of hydrogen-bond donors (Lipinski definition) is 2. The van der Waals surface area contributed by atoms with Crippen LogP contribution in [0.25, 0.3) is 66.6 Å². The van der Waals surface area contributed by atoms with E-state index < -0.39 is 0 Å². The van der Waals surface area contributed by atoms with Crippen molar-refractivity contribution in [3.8, 4) is 22.3 Å². The molecule has 0 saturated carbocycles. The van der Waals surface area contributed by atoms with Crippen LogP contribution in [0.5, 0.6) is 0 Å². The van der Waals surface area contributed by atoms with Crippen LogP contribution in [0.4, 0.5) is 0 Å². The number of nitrogens with one attached hydrogen (secondary N) is 2. The highest BCUT2D eigenvalue weighted by Gasteiger charge is 2.27. The number of aryl methyl sites for hydroxylation is 4. The number of fused-ring (bicyclic) bond motifs is 8. The quantitative estimate of drug-likeness (QED) is 0.0682. The van der Waals surface area contributed by atoms with Gasteiger partial charge in [0, 0.05) is 22.2 Å². The van der Waals surface area contributed by atoms with Gasteiger partial charge in [0.15, 0.2) is 0 Å². The van der Waals surface area contributed by atoms with Crippen molar-refractivity contribution in [1.82, 2.24) is 19.9 Å². The summed E-state index contributed by atoms with van der Waals surface area (Å²) in [5.41, 5.74) is 25.0. The van der Waals surface area contributed by atoms with Gasteiger partial charge in [-0.25, -0.2) is 9.97 Å². The number of aromatic amines is 2. The Kier molecular flexibility index (Phi) is 16.7. The zero-order chi connectivity index (χ0) is 45.0. The molecule has 0 fully saturated rings. The van der Waals surface area contributed by atoms with Gasteiger partial charge >= 0.3 is 0 Å². The van der Waals surface area contributed by atoms with E-state index in [1.807, 2.05) is 0 Å². The lowest BCUT2D eigenvalue weighted by Gasteiger charge is -2.11. The molecule has 3 aromatic heterocycles. The van der Waals surface area contributed by atoms with Crippen molar-refractivity contribution < 1.29 is 0 Å². The van der Waals surface area contributed by atoms with Crippen molar-refractivity contribution in [1.29, 1.82) is 0 Å². The Hall–Kier alpha value is -4.96. The van der Waals surface area contributed by atoms with Crippen LogP contribution in [0.1, 0.15) is 202 Å². The Morgan fingerprint density at radius 2 is 0.766 bits per heavy atom. The number of H-pyrrole nitrogens is 2. The second-order valence-electron chi connectivity index (χ2n) is 18.9. The van der Waals surface area contributed by atoms with Crippen LogP contribution in [0.3, 0.4) is 0 Å². The molecule has 0 aliphatic carbocycles. The molecule has 338 valence electrons. The summed E-state index contributed by atoms with van der Waals surface area (Å²) in [5.74, 6) is 0. The molecule has 0 amide bonds. The fourth-order valence-electron chi connectivity index (χ4n) is 10.5. The van der Waals surface area contributed by atoms with E-state index in [1.54, 1.807) is 0 Å². The maximum absolute atomic E-state index is 5.79. The highest BCUT2D eigenvalue weighted by molar-refractivity contribution is 6.03. The highest BCUT2D eigenvalue weighted by Crippen LogP contribution is 2.45. The Morgan fingerprint density at radius 1 is 0.406 bits per heavy atom. The standard InChI is InChI=1S/C60H78N4/c1-9-13-17-27-35-47-41(5)57-55(45-31-23-21-24-32-45)58-43(7)49(37-29-19-15-11-3)53(63-58)40-54-50(38-30-20-16-12-4)44(8)60(64-54)56(46-33-25-22-26-34-46)59-42(6)48(36-28-18-14-10-2)52(62-59)39-51(47)61-57/h21-26,31-34,39-40,61,63H,9-20,27-30,35-38H2,1-8H3. The summed E-state index contributed by atoms with van der Waals surface area (Å²) >= 11 is 0. The second kappa shape index (κ2) is 22.8. The van der Waals surface area contributed by atoms with E-state index in [-0.39, 0.29) is 0 Å². The van der Waals surface area contributed by atoms with E-state index in [0.29, 0.717) is 0 Å². The summed E-state index contributed by atoms with van der Waals surface area (Å²) in [5, 5.41) is 0. The zero-order valence-electron chi connectivity index (χ0n) is 41.0. The first-order valence-corrected chi connectivity index (χ1v) is 25.6. The summed E-state index contributed by atoms with van der Waals surface area (Å²) in [6, 6.07) is 27.0. The van der Waals surface area contributed by atoms with Gasteiger partial charge in [-0.05, 0) is 147 Å². The van der Waals surface area contributed by atoms with Crippen molar-refractivity contribution in [3.05, 3.63) is 118 Å². The molecule has 0 atom stereocenters. The van der Waals surface area contributed by atoms with Crippen LogP contribution < -0.4 is 0 Å². The van der Waals surface area contributed by atoms with Crippen molar-refractivity contribution in [3.63, 3.8) is 0 Å². The average Bonchev–Trinajstić information content (AvgIpc) is 3.99. The molecule has 64 heavy (non-hydrogen) atoms. The molecule has 7 rings (SSSR count). The summed E-state index contributed by atoms with van der Waals surface area (Å²) in [7, 11) is 0. The van der Waals surface area contributed by atoms with Crippen molar-refractivity contribution in [2.45, 2.75) is 184 Å². The molecule has 2 N–H and O–H groups in total. The van der Waals surface area contributed by atoms with Crippen LogP contribution >= 0.6 is 0 Å². The molecule has 2 aromatic carbocycles. The first kappa shape index (κ1) is 47.0. The maximum atomic E-state index is 5.79. The molecule has 4 heteroatoms. The molecule has 0 spiro atoms. The first-order chi connectivity index (χ1) is 31.3. The van der Waals surface area contributed by atoms with E-state index in [0.717, 1.165) is 66.9 Å². The van der Waals surface area contributed by atoms with Gasteiger partial charge in [-0.2, -0.15) is 0 Å². The second-order valence-corrected chi connectivity index (χ2v) is 18.9. The van der Waals surface area contributed by atoms with Crippen LogP contribution in [0.15, 0.2) is 72.8 Å². The van der Waals surface area contributed by atoms with Gasteiger partial charge < -0.3 is 9.97 Å². The van der Waals surface area contributed by atoms with Gasteiger partial charge in [-0.3, -0.25) is 0 Å². The molecule has 5 aromatic rings. The Labute approximate surface area is 386 Å². The average molecular weight is 855 g/mol. The maximum Gasteiger partial charge on any atom is 0.0769 e. The largest absolute Gasteiger partial charge is 0.354 e. The van der Waals surface area contributed by atoms with Crippen LogP contribution in [-0.4, -0.2) is 19.9 Å². The molecule has 0 unspecified atom stereocenters. The zero-order valence-corrected chi connectivity index (χ0v) is 41.0. The summed E-state index contributed by atoms with van der Waals surface area (Å²) in [4.78, 5) is 19.9. The van der Waals surface area contributed by atoms with Crippen LogP contribution in [0.2, 0.25) is 0 Å². The SMILES string of the molecule is CCCCCCC1=C(C)c2nc1cc1[nH]c(c(C)c1CCCCCC)c(-c1ccccc1)c1[nH]c(cc3nc(c2-c2ccccc2)C(C)=C3CCCCCC)c(CCCCCC)c1C. The lowest BCUT2D eigenvalue weighted by atomic mass is 9.92. The van der Waals surface area contributed by atoms with Crippen molar-refractivity contribution >= 4 is 44.4 Å². The minimum Gasteiger partial charge on any atom is -0.354 e. The van der Waals surface area contributed by atoms with E-state index >= 15 is 0 Å². The van der Waals surface area contributed by atoms with Gasteiger partial charge in [-0.1, -0.05) is 165 Å². The molecule has 0 saturated heterocycles. The predicted octanol–water partition coefficient (Wildman–Crippen LogP) is 18.3. The molecule has 5 heterocycles. The van der Waals surface area contributed by atoms with Crippen molar-refractivity contribution in [2.75, 3.05) is 0 Å². The normalized spacial score (nSPS) is 12.9. The fraction of sp³-hybridized carbons (Fsp3) is 0.467. The number of hydrogen-bond acceptors (Lipinski definition) is 2. The molecule has 8 bridgehead atoms. The summed E-state index contributed by atoms with van der Waals surface area (Å²) < 4.78 is 0. The Bertz CT molecular complexity index is 2440. The molecular weight excluding hydrogens is 777 g/mol. The third-order valence-corrected chi connectivity index (χ3v) is 14.3. The summed E-state index contributed by atoms with van der Waals surface area (Å²) in [6.07, 6.45) is 23.7. The lowest BCUT2D eigenvalue weighted by molar-refractivity contribution is 0.667. The number of aromatic nitrogens is 4. The number of unbranched alkanes of at least 4 members (excludes halogenated alkanes) is 12. The van der Waals surface area contributed by atoms with Gasteiger partial charge in [0.05, 0.1) is 33.8 Å². The minimum absolute atomic E-state index is 1.02. The van der Waals surface area contributed by atoms with Crippen molar-refractivity contribution in [2.24, 2.45) is 0 Å². The van der Waals surface area contributed by atoms with E-state index in [1.165, 1.54) is 173 Å². The number of rotatable bonds is 22. The van der Waals surface area contributed by atoms with Gasteiger partial charge in [0.1, 0.15) is 0 Å². The monoisotopic (exact) mass is 855 g/mol. The smallest absolute Gasteiger partial charge is 0.0769 e. The van der Waals surface area contributed by atoms with Crippen LogP contribution in [0, 0.1) is 13.8 Å². The van der Waals surface area contributed by atoms with Crippen LogP contribution in [-0.2, 0) is 12.8 Å². The minimum atomic E-state index is 1.02.